The summed E-state index contributed by atoms with van der Waals surface area (Å²) in [6, 6.07) is 5.01. The fraction of sp³-hybridized carbons (Fsp3) is 0.286. The van der Waals surface area contributed by atoms with E-state index in [4.69, 9.17) is 5.73 Å². The van der Waals surface area contributed by atoms with Gasteiger partial charge in [-0.2, -0.15) is 0 Å². The monoisotopic (exact) mass is 336 g/mol. The molecule has 2 aromatic rings. The maximum absolute atomic E-state index is 13.8. The summed E-state index contributed by atoms with van der Waals surface area (Å²) in [5.74, 6) is 0.379. The second kappa shape index (κ2) is 5.46. The molecule has 1 aliphatic heterocycles. The van der Waals surface area contributed by atoms with Crippen LogP contribution in [0, 0.1) is 5.82 Å². The highest BCUT2D eigenvalue weighted by Crippen LogP contribution is 2.23. The Bertz CT molecular complexity index is 647. The Hall–Kier alpha value is -1.53. The van der Waals surface area contributed by atoms with Gasteiger partial charge in [0.05, 0.1) is 5.69 Å². The highest BCUT2D eigenvalue weighted by atomic mass is 79.9. The van der Waals surface area contributed by atoms with Crippen molar-refractivity contribution in [1.29, 1.82) is 0 Å². The van der Waals surface area contributed by atoms with Crippen LogP contribution in [0.4, 0.5) is 10.2 Å². The minimum absolute atomic E-state index is 0.179. The number of rotatable bonds is 2. The molecule has 104 valence electrons. The number of aromatic nitrogens is 2. The van der Waals surface area contributed by atoms with Gasteiger partial charge in [-0.15, -0.1) is 0 Å². The Balaban J connectivity index is 1.79. The van der Waals surface area contributed by atoms with Crippen LogP contribution in [0.2, 0.25) is 0 Å². The van der Waals surface area contributed by atoms with Crippen molar-refractivity contribution in [2.24, 2.45) is 0 Å². The van der Waals surface area contributed by atoms with E-state index in [0.29, 0.717) is 24.5 Å². The lowest BCUT2D eigenvalue weighted by molar-refractivity contribution is 0.238. The van der Waals surface area contributed by atoms with E-state index < -0.39 is 0 Å². The fourth-order valence-electron chi connectivity index (χ4n) is 2.47. The van der Waals surface area contributed by atoms with Crippen molar-refractivity contribution >= 4 is 21.7 Å². The number of fused-ring (bicyclic) bond motifs is 1. The van der Waals surface area contributed by atoms with Crippen molar-refractivity contribution in [2.75, 3.05) is 12.3 Å². The van der Waals surface area contributed by atoms with E-state index in [1.807, 2.05) is 6.07 Å². The van der Waals surface area contributed by atoms with Gasteiger partial charge in [-0.25, -0.2) is 14.4 Å². The highest BCUT2D eigenvalue weighted by Gasteiger charge is 2.20. The number of halogens is 2. The average Bonchev–Trinajstić information content (AvgIpc) is 2.43. The molecule has 0 aliphatic carbocycles. The SMILES string of the molecule is Nc1ncnc2c1CCN(Cc1cc(Br)ccc1F)C2. The summed E-state index contributed by atoms with van der Waals surface area (Å²) in [4.78, 5) is 10.5. The van der Waals surface area contributed by atoms with Gasteiger partial charge in [-0.3, -0.25) is 4.90 Å². The molecular formula is C14H14BrFN4. The molecule has 0 unspecified atom stereocenters. The maximum atomic E-state index is 13.8. The first-order valence-corrected chi connectivity index (χ1v) is 7.17. The number of nitrogens with zero attached hydrogens (tertiary/aromatic N) is 3. The molecule has 0 fully saturated rings. The third-order valence-electron chi connectivity index (χ3n) is 3.52. The summed E-state index contributed by atoms with van der Waals surface area (Å²) in [5.41, 5.74) is 8.50. The van der Waals surface area contributed by atoms with Gasteiger partial charge >= 0.3 is 0 Å². The van der Waals surface area contributed by atoms with Crippen molar-refractivity contribution in [3.8, 4) is 0 Å². The van der Waals surface area contributed by atoms with Crippen LogP contribution in [0.25, 0.3) is 0 Å². The molecule has 6 heteroatoms. The van der Waals surface area contributed by atoms with Crippen LogP contribution in [0.15, 0.2) is 29.0 Å². The van der Waals surface area contributed by atoms with Crippen LogP contribution in [0.3, 0.4) is 0 Å². The van der Waals surface area contributed by atoms with Crippen LogP contribution in [-0.4, -0.2) is 21.4 Å². The lowest BCUT2D eigenvalue weighted by Gasteiger charge is -2.28. The van der Waals surface area contributed by atoms with E-state index in [0.717, 1.165) is 28.7 Å². The molecule has 2 heterocycles. The molecule has 1 aromatic heterocycles. The normalized spacial score (nSPS) is 15.1. The lowest BCUT2D eigenvalue weighted by atomic mass is 10.0. The molecular weight excluding hydrogens is 323 g/mol. The second-order valence-electron chi connectivity index (χ2n) is 4.88. The minimum Gasteiger partial charge on any atom is -0.383 e. The fourth-order valence-corrected chi connectivity index (χ4v) is 2.88. The molecule has 1 aliphatic rings. The first kappa shape index (κ1) is 13.5. The minimum atomic E-state index is -0.179. The summed E-state index contributed by atoms with van der Waals surface area (Å²) < 4.78 is 14.7. The van der Waals surface area contributed by atoms with Gasteiger partial charge in [0, 0.05) is 35.2 Å². The molecule has 1 aromatic carbocycles. The smallest absolute Gasteiger partial charge is 0.130 e. The lowest BCUT2D eigenvalue weighted by Crippen LogP contribution is -2.31. The predicted molar refractivity (Wildman–Crippen MR) is 78.4 cm³/mol. The van der Waals surface area contributed by atoms with Crippen LogP contribution in [0.1, 0.15) is 16.8 Å². The van der Waals surface area contributed by atoms with Gasteiger partial charge < -0.3 is 5.73 Å². The standard InChI is InChI=1S/C14H14BrFN4/c15-10-1-2-12(16)9(5-10)6-20-4-3-11-13(7-20)18-8-19-14(11)17/h1-2,5,8H,3-4,6-7H2,(H2,17,18,19). The van der Waals surface area contributed by atoms with E-state index in [1.165, 1.54) is 12.4 Å². The molecule has 0 bridgehead atoms. The topological polar surface area (TPSA) is 55.0 Å². The van der Waals surface area contributed by atoms with Crippen LogP contribution in [-0.2, 0) is 19.5 Å². The molecule has 0 amide bonds. The zero-order valence-corrected chi connectivity index (χ0v) is 12.4. The van der Waals surface area contributed by atoms with Crippen molar-refractivity contribution in [3.05, 3.63) is 51.6 Å². The summed E-state index contributed by atoms with van der Waals surface area (Å²) in [7, 11) is 0. The number of benzene rings is 1. The van der Waals surface area contributed by atoms with E-state index >= 15 is 0 Å². The number of hydrogen-bond acceptors (Lipinski definition) is 4. The number of anilines is 1. The zero-order chi connectivity index (χ0) is 14.1. The summed E-state index contributed by atoms with van der Waals surface area (Å²) >= 11 is 3.37. The van der Waals surface area contributed by atoms with Crippen molar-refractivity contribution in [2.45, 2.75) is 19.5 Å². The Kier molecular flexibility index (Phi) is 3.67. The molecule has 20 heavy (non-hydrogen) atoms. The van der Waals surface area contributed by atoms with Gasteiger partial charge in [-0.05, 0) is 24.6 Å². The third-order valence-corrected chi connectivity index (χ3v) is 4.01. The first-order valence-electron chi connectivity index (χ1n) is 6.38. The number of hydrogen-bond donors (Lipinski definition) is 1. The van der Waals surface area contributed by atoms with Crippen molar-refractivity contribution in [1.82, 2.24) is 14.9 Å². The number of nitrogen functional groups attached to an aromatic ring is 1. The molecule has 2 N–H and O–H groups in total. The Labute approximate surface area is 125 Å². The van der Waals surface area contributed by atoms with E-state index in [1.54, 1.807) is 6.07 Å². The largest absolute Gasteiger partial charge is 0.383 e. The van der Waals surface area contributed by atoms with E-state index in [-0.39, 0.29) is 5.82 Å². The summed E-state index contributed by atoms with van der Waals surface area (Å²) in [6.07, 6.45) is 2.29. The molecule has 3 rings (SSSR count). The summed E-state index contributed by atoms with van der Waals surface area (Å²) in [5, 5.41) is 0. The quantitative estimate of drug-likeness (QED) is 0.915. The van der Waals surface area contributed by atoms with Crippen molar-refractivity contribution < 1.29 is 4.39 Å². The molecule has 0 atom stereocenters. The zero-order valence-electron chi connectivity index (χ0n) is 10.8. The molecule has 0 radical (unpaired) electrons. The van der Waals surface area contributed by atoms with Gasteiger partial charge in [-0.1, -0.05) is 15.9 Å². The van der Waals surface area contributed by atoms with Crippen LogP contribution in [0.5, 0.6) is 0 Å². The molecule has 0 saturated carbocycles. The van der Waals surface area contributed by atoms with Gasteiger partial charge in [0.25, 0.3) is 0 Å². The molecule has 0 spiro atoms. The van der Waals surface area contributed by atoms with Gasteiger partial charge in [0.1, 0.15) is 18.0 Å². The average molecular weight is 337 g/mol. The van der Waals surface area contributed by atoms with Gasteiger partial charge in [0.2, 0.25) is 0 Å². The van der Waals surface area contributed by atoms with Crippen LogP contribution >= 0.6 is 15.9 Å². The first-order chi connectivity index (χ1) is 9.63. The van der Waals surface area contributed by atoms with E-state index in [2.05, 4.69) is 30.8 Å². The number of nitrogens with two attached hydrogens (primary N) is 1. The molecule has 0 saturated heterocycles. The summed E-state index contributed by atoms with van der Waals surface area (Å²) in [6.45, 7) is 2.07. The van der Waals surface area contributed by atoms with Gasteiger partial charge in [0.15, 0.2) is 0 Å². The third kappa shape index (κ3) is 2.66. The molecule has 4 nitrogen and oxygen atoms in total. The Morgan fingerprint density at radius 1 is 1.35 bits per heavy atom. The maximum Gasteiger partial charge on any atom is 0.130 e. The highest BCUT2D eigenvalue weighted by molar-refractivity contribution is 9.10. The Morgan fingerprint density at radius 2 is 2.20 bits per heavy atom. The second-order valence-corrected chi connectivity index (χ2v) is 5.80. The van der Waals surface area contributed by atoms with Crippen LogP contribution < -0.4 is 5.73 Å². The van der Waals surface area contributed by atoms with Crippen molar-refractivity contribution in [3.63, 3.8) is 0 Å². The predicted octanol–water partition coefficient (Wildman–Crippen LogP) is 2.52. The Morgan fingerprint density at radius 3 is 3.05 bits per heavy atom. The van der Waals surface area contributed by atoms with E-state index in [9.17, 15) is 4.39 Å².